The molecule has 51 heavy (non-hydrogen) atoms. The van der Waals surface area contributed by atoms with E-state index in [1.807, 2.05) is 4.90 Å². The summed E-state index contributed by atoms with van der Waals surface area (Å²) in [5.41, 5.74) is -1.66. The van der Waals surface area contributed by atoms with Crippen molar-refractivity contribution < 1.29 is 36.2 Å². The van der Waals surface area contributed by atoms with Gasteiger partial charge in [0, 0.05) is 42.3 Å². The normalized spacial score (nSPS) is 27.8. The molecule has 272 valence electrons. The highest BCUT2D eigenvalue weighted by molar-refractivity contribution is 7.22. The Kier molecular flexibility index (Phi) is 8.09. The summed E-state index contributed by atoms with van der Waals surface area (Å²) in [4.78, 5) is 29.3. The number of nitrogens with zero attached hydrogens (tertiary/aromatic N) is 5. The number of piperazine rings is 1. The predicted molar refractivity (Wildman–Crippen MR) is 184 cm³/mol. The zero-order chi connectivity index (χ0) is 36.1. The minimum Gasteiger partial charge on any atom is -0.461 e. The number of hydrogen-bond acceptors (Lipinski definition) is 10. The molecule has 4 aliphatic heterocycles. The maximum atomic E-state index is 17.0. The summed E-state index contributed by atoms with van der Waals surface area (Å²) in [5, 5.41) is 4.90. The van der Waals surface area contributed by atoms with Crippen molar-refractivity contribution in [3.05, 3.63) is 34.9 Å². The van der Waals surface area contributed by atoms with E-state index in [1.165, 1.54) is 17.0 Å². The molecule has 4 saturated heterocycles. The number of amides is 1. The number of hydrogen-bond donors (Lipinski definition) is 2. The lowest BCUT2D eigenvalue weighted by atomic mass is 9.95. The van der Waals surface area contributed by atoms with Gasteiger partial charge in [-0.3, -0.25) is 10.2 Å². The zero-order valence-corrected chi connectivity index (χ0v) is 29.6. The molecule has 17 heteroatoms. The van der Waals surface area contributed by atoms with Gasteiger partial charge in [0.1, 0.15) is 35.5 Å². The van der Waals surface area contributed by atoms with Gasteiger partial charge in [-0.05, 0) is 58.4 Å². The molecule has 8 rings (SSSR count). The summed E-state index contributed by atoms with van der Waals surface area (Å²) in [7, 11) is 0. The van der Waals surface area contributed by atoms with Crippen molar-refractivity contribution in [3.63, 3.8) is 0 Å². The molecule has 4 aliphatic rings. The van der Waals surface area contributed by atoms with Crippen molar-refractivity contribution >= 4 is 61.1 Å². The monoisotopic (exact) mass is 751 g/mol. The van der Waals surface area contributed by atoms with Gasteiger partial charge in [0.2, 0.25) is 0 Å². The lowest BCUT2D eigenvalue weighted by molar-refractivity contribution is 0.0435. The van der Waals surface area contributed by atoms with Gasteiger partial charge < -0.3 is 14.4 Å². The van der Waals surface area contributed by atoms with Crippen molar-refractivity contribution in [1.82, 2.24) is 25.2 Å². The minimum atomic E-state index is -2.05. The van der Waals surface area contributed by atoms with Crippen LogP contribution in [0.25, 0.3) is 32.2 Å². The van der Waals surface area contributed by atoms with E-state index in [0.29, 0.717) is 13.0 Å². The number of thiazole rings is 1. The number of aromatic nitrogens is 3. The molecule has 2 bridgehead atoms. The van der Waals surface area contributed by atoms with E-state index in [9.17, 15) is 9.18 Å². The Morgan fingerprint density at radius 3 is 2.59 bits per heavy atom. The fourth-order valence-corrected chi connectivity index (χ4v) is 9.13. The average molecular weight is 752 g/mol. The number of nitrogens with one attached hydrogen (secondary N) is 2. The van der Waals surface area contributed by atoms with Crippen LogP contribution in [0.15, 0.2) is 18.2 Å². The van der Waals surface area contributed by atoms with E-state index in [-0.39, 0.29) is 93.2 Å². The number of halogens is 6. The van der Waals surface area contributed by atoms with Gasteiger partial charge >= 0.3 is 12.1 Å². The van der Waals surface area contributed by atoms with Gasteiger partial charge in [-0.2, -0.15) is 9.97 Å². The molecule has 2 aromatic carbocycles. The molecule has 2 aromatic heterocycles. The molecule has 2 N–H and O–H groups in total. The Morgan fingerprint density at radius 1 is 1.12 bits per heavy atom. The number of anilines is 2. The molecule has 10 nitrogen and oxygen atoms in total. The topological polar surface area (TPSA) is 105 Å². The number of ether oxygens (including phenoxy) is 2. The van der Waals surface area contributed by atoms with Gasteiger partial charge in [0.15, 0.2) is 22.5 Å². The average Bonchev–Trinajstić information content (AvgIpc) is 3.75. The molecular weight excluding hydrogens is 717 g/mol. The third-order valence-electron chi connectivity index (χ3n) is 9.99. The lowest BCUT2D eigenvalue weighted by Gasteiger charge is -2.40. The van der Waals surface area contributed by atoms with E-state index in [4.69, 9.17) is 21.1 Å². The Bertz CT molecular complexity index is 2070. The van der Waals surface area contributed by atoms with Gasteiger partial charge in [-0.15, -0.1) is 0 Å². The van der Waals surface area contributed by atoms with Gasteiger partial charge in [0.25, 0.3) is 0 Å². The molecule has 4 fully saturated rings. The fraction of sp³-hybridized carbons (Fsp3) is 0.529. The maximum Gasteiger partial charge on any atom is 0.413 e. The molecule has 6 heterocycles. The van der Waals surface area contributed by atoms with Gasteiger partial charge in [-0.1, -0.05) is 22.9 Å². The molecule has 0 saturated carbocycles. The maximum absolute atomic E-state index is 17.0. The third kappa shape index (κ3) is 6.21. The highest BCUT2D eigenvalue weighted by Crippen LogP contribution is 2.46. The fourth-order valence-electron chi connectivity index (χ4n) is 7.95. The second kappa shape index (κ2) is 12.0. The summed E-state index contributed by atoms with van der Waals surface area (Å²) in [6.07, 6.45) is -0.102. The van der Waals surface area contributed by atoms with Crippen LogP contribution in [0.4, 0.5) is 37.7 Å². The molecule has 0 aliphatic carbocycles. The molecule has 1 amide bonds. The largest absolute Gasteiger partial charge is 0.461 e. The van der Waals surface area contributed by atoms with Crippen LogP contribution >= 0.6 is 22.9 Å². The Balaban J connectivity index is 1.24. The first kappa shape index (κ1) is 34.5. The minimum absolute atomic E-state index is 0.0135. The first-order chi connectivity index (χ1) is 24.0. The first-order valence-corrected chi connectivity index (χ1v) is 18.0. The Hall–Kier alpha value is -3.60. The van der Waals surface area contributed by atoms with E-state index in [1.54, 1.807) is 20.8 Å². The lowest BCUT2D eigenvalue weighted by Crippen LogP contribution is -2.62. The van der Waals surface area contributed by atoms with Gasteiger partial charge in [0.05, 0.1) is 33.9 Å². The van der Waals surface area contributed by atoms with Crippen LogP contribution < -0.4 is 20.3 Å². The Labute approximate surface area is 298 Å². The molecule has 0 spiro atoms. The van der Waals surface area contributed by atoms with Crippen LogP contribution in [0, 0.1) is 11.6 Å². The van der Waals surface area contributed by atoms with Crippen molar-refractivity contribution in [2.45, 2.75) is 81.8 Å². The molecule has 4 atom stereocenters. The van der Waals surface area contributed by atoms with Crippen LogP contribution in [0.2, 0.25) is 5.02 Å². The standard InChI is InChI=1S/C34H35ClF5N7O3S/c1-31(2,3)50-30(48)44-29-42-25-18(5-6-21(37)26(25)51-29)22-20(35)11-19-24(23(22)38)41-28(49-16-32-7-4-10-47(32)13-17(36)12-32)43-27(19)46-14-33(39)8-9-34(40,15-46)45-33/h5-6,11,17,45H,4,7-10,12-16H2,1-3H3,(H,42,44,48)/t17-,32+,33?,34?/m1/s1. The number of alkyl halides is 3. The van der Waals surface area contributed by atoms with E-state index < -0.39 is 46.6 Å². The van der Waals surface area contributed by atoms with Crippen LogP contribution in [-0.4, -0.2) is 87.6 Å². The highest BCUT2D eigenvalue weighted by atomic mass is 35.5. The van der Waals surface area contributed by atoms with Crippen molar-refractivity contribution in [2.24, 2.45) is 0 Å². The van der Waals surface area contributed by atoms with Crippen molar-refractivity contribution in [2.75, 3.05) is 43.0 Å². The number of rotatable bonds is 6. The molecule has 2 unspecified atom stereocenters. The van der Waals surface area contributed by atoms with Crippen LogP contribution in [0.1, 0.15) is 52.9 Å². The van der Waals surface area contributed by atoms with E-state index in [0.717, 1.165) is 30.4 Å². The number of carbonyl (C=O) groups excluding carboxylic acids is 1. The summed E-state index contributed by atoms with van der Waals surface area (Å²) in [6, 6.07) is 3.61. The van der Waals surface area contributed by atoms with Crippen LogP contribution in [-0.2, 0) is 4.74 Å². The van der Waals surface area contributed by atoms with Gasteiger partial charge in [-0.25, -0.2) is 37.0 Å². The molecule has 0 radical (unpaired) electrons. The summed E-state index contributed by atoms with van der Waals surface area (Å²) < 4.78 is 89.4. The summed E-state index contributed by atoms with van der Waals surface area (Å²) in [6.45, 7) is 5.55. The first-order valence-electron chi connectivity index (χ1n) is 16.8. The van der Waals surface area contributed by atoms with Crippen LogP contribution in [0.3, 0.4) is 0 Å². The SMILES string of the molecule is CC(C)(C)OC(=O)Nc1nc2c(-c3c(Cl)cc4c(N5CC6(F)CCC(F)(C5)N6)nc(OC[C@@]56CCCN5C[C@H](F)C6)nc4c3F)ccc(F)c2s1. The smallest absolute Gasteiger partial charge is 0.413 e. The molecular formula is C34H35ClF5N7O3S. The third-order valence-corrected chi connectivity index (χ3v) is 11.3. The van der Waals surface area contributed by atoms with E-state index >= 15 is 17.6 Å². The summed E-state index contributed by atoms with van der Waals surface area (Å²) >= 11 is 7.62. The van der Waals surface area contributed by atoms with Crippen LogP contribution in [0.5, 0.6) is 6.01 Å². The highest BCUT2D eigenvalue weighted by Gasteiger charge is 2.55. The number of carbonyl (C=O) groups is 1. The van der Waals surface area contributed by atoms with E-state index in [2.05, 4.69) is 25.6 Å². The van der Waals surface area contributed by atoms with Crippen molar-refractivity contribution in [3.8, 4) is 17.1 Å². The quantitative estimate of drug-likeness (QED) is 0.152. The number of benzene rings is 2. The second-order valence-electron chi connectivity index (χ2n) is 15.0. The molecule has 4 aromatic rings. The predicted octanol–water partition coefficient (Wildman–Crippen LogP) is 7.68. The number of fused-ring (bicyclic) bond motifs is 5. The summed E-state index contributed by atoms with van der Waals surface area (Å²) in [5.74, 6) is -5.66. The zero-order valence-electron chi connectivity index (χ0n) is 28.0. The van der Waals surface area contributed by atoms with Crippen molar-refractivity contribution in [1.29, 1.82) is 0 Å². The second-order valence-corrected chi connectivity index (χ2v) is 16.4. The Morgan fingerprint density at radius 2 is 1.86 bits per heavy atom.